The third kappa shape index (κ3) is 4.31. The fourth-order valence-electron chi connectivity index (χ4n) is 2.24. The maximum absolute atomic E-state index is 10.3. The van der Waals surface area contributed by atoms with Crippen molar-refractivity contribution >= 4 is 0 Å². The summed E-state index contributed by atoms with van der Waals surface area (Å²) in [4.78, 5) is 0. The summed E-state index contributed by atoms with van der Waals surface area (Å²) in [5, 5.41) is 10.3. The molecule has 2 rings (SSSR count). The molecule has 2 aromatic carbocycles. The minimum Gasteiger partial charge on any atom is -0.497 e. The van der Waals surface area contributed by atoms with Gasteiger partial charge in [-0.25, -0.2) is 0 Å². The standard InChI is InChI=1S/C18H22O3/c1-18(2,19)17(15-7-5-4-6-8-15)21-13-14-9-11-16(20-3)12-10-14/h4-12,17,19H,13H2,1-3H3. The average molecular weight is 286 g/mol. The smallest absolute Gasteiger partial charge is 0.118 e. The van der Waals surface area contributed by atoms with Crippen LogP contribution in [0.4, 0.5) is 0 Å². The van der Waals surface area contributed by atoms with Crippen molar-refractivity contribution in [1.82, 2.24) is 0 Å². The molecular formula is C18H22O3. The molecule has 0 radical (unpaired) electrons. The van der Waals surface area contributed by atoms with Crippen LogP contribution in [0, 0.1) is 0 Å². The summed E-state index contributed by atoms with van der Waals surface area (Å²) in [6.07, 6.45) is -0.374. The van der Waals surface area contributed by atoms with Gasteiger partial charge in [0, 0.05) is 0 Å². The lowest BCUT2D eigenvalue weighted by Gasteiger charge is -2.30. The number of aliphatic hydroxyl groups is 1. The van der Waals surface area contributed by atoms with Crippen molar-refractivity contribution in [2.75, 3.05) is 7.11 Å². The molecule has 0 aliphatic rings. The molecule has 0 saturated heterocycles. The van der Waals surface area contributed by atoms with Gasteiger partial charge in [-0.2, -0.15) is 0 Å². The van der Waals surface area contributed by atoms with Crippen molar-refractivity contribution in [3.63, 3.8) is 0 Å². The summed E-state index contributed by atoms with van der Waals surface area (Å²) in [7, 11) is 1.64. The second-order valence-electron chi connectivity index (χ2n) is 5.60. The lowest BCUT2D eigenvalue weighted by molar-refractivity contribution is -0.0977. The molecule has 0 spiro atoms. The SMILES string of the molecule is COc1ccc(COC(c2ccccc2)C(C)(C)O)cc1. The average Bonchev–Trinajstić information content (AvgIpc) is 2.48. The van der Waals surface area contributed by atoms with Crippen LogP contribution in [0.25, 0.3) is 0 Å². The van der Waals surface area contributed by atoms with Crippen molar-refractivity contribution in [1.29, 1.82) is 0 Å². The van der Waals surface area contributed by atoms with Gasteiger partial charge < -0.3 is 14.6 Å². The van der Waals surface area contributed by atoms with E-state index in [9.17, 15) is 5.11 Å². The van der Waals surface area contributed by atoms with Gasteiger partial charge in [-0.3, -0.25) is 0 Å². The Kier molecular flexibility index (Phi) is 4.99. The fourth-order valence-corrected chi connectivity index (χ4v) is 2.24. The minimum atomic E-state index is -0.951. The van der Waals surface area contributed by atoms with Gasteiger partial charge >= 0.3 is 0 Å². The summed E-state index contributed by atoms with van der Waals surface area (Å²) in [6.45, 7) is 3.96. The van der Waals surface area contributed by atoms with Crippen LogP contribution in [0.5, 0.6) is 5.75 Å². The Bertz CT molecular complexity index is 541. The molecule has 21 heavy (non-hydrogen) atoms. The number of ether oxygens (including phenoxy) is 2. The van der Waals surface area contributed by atoms with E-state index in [2.05, 4.69) is 0 Å². The van der Waals surface area contributed by atoms with Crippen LogP contribution in [0.3, 0.4) is 0 Å². The zero-order chi connectivity index (χ0) is 15.3. The van der Waals surface area contributed by atoms with E-state index >= 15 is 0 Å². The predicted octanol–water partition coefficient (Wildman–Crippen LogP) is 3.72. The molecule has 0 heterocycles. The monoisotopic (exact) mass is 286 g/mol. The molecule has 1 unspecified atom stereocenters. The summed E-state index contributed by atoms with van der Waals surface area (Å²) in [6, 6.07) is 17.5. The molecule has 1 atom stereocenters. The molecule has 2 aromatic rings. The molecule has 0 saturated carbocycles. The molecular weight excluding hydrogens is 264 g/mol. The zero-order valence-corrected chi connectivity index (χ0v) is 12.7. The Balaban J connectivity index is 2.09. The molecule has 3 nitrogen and oxygen atoms in total. The first kappa shape index (κ1) is 15.5. The van der Waals surface area contributed by atoms with Crippen molar-refractivity contribution in [3.05, 3.63) is 65.7 Å². The lowest BCUT2D eigenvalue weighted by Crippen LogP contribution is -2.30. The molecule has 112 valence electrons. The topological polar surface area (TPSA) is 38.7 Å². The maximum Gasteiger partial charge on any atom is 0.118 e. The van der Waals surface area contributed by atoms with Gasteiger partial charge in [-0.15, -0.1) is 0 Å². The highest BCUT2D eigenvalue weighted by molar-refractivity contribution is 5.27. The largest absolute Gasteiger partial charge is 0.497 e. The van der Waals surface area contributed by atoms with Crippen molar-refractivity contribution in [2.45, 2.75) is 32.2 Å². The third-order valence-electron chi connectivity index (χ3n) is 3.32. The zero-order valence-electron chi connectivity index (χ0n) is 12.7. The quantitative estimate of drug-likeness (QED) is 0.879. The summed E-state index contributed by atoms with van der Waals surface area (Å²) in [5.41, 5.74) is 1.06. The molecule has 0 fully saturated rings. The summed E-state index contributed by atoms with van der Waals surface area (Å²) in [5.74, 6) is 0.820. The number of benzene rings is 2. The Morgan fingerprint density at radius 1 is 1.00 bits per heavy atom. The van der Waals surface area contributed by atoms with Gasteiger partial charge in [0.15, 0.2) is 0 Å². The Labute approximate surface area is 126 Å². The van der Waals surface area contributed by atoms with E-state index < -0.39 is 5.60 Å². The van der Waals surface area contributed by atoms with Gasteiger partial charge in [-0.05, 0) is 37.1 Å². The summed E-state index contributed by atoms with van der Waals surface area (Å²) >= 11 is 0. The maximum atomic E-state index is 10.3. The van der Waals surface area contributed by atoms with Gasteiger partial charge in [0.1, 0.15) is 11.9 Å². The first-order valence-corrected chi connectivity index (χ1v) is 7.02. The van der Waals surface area contributed by atoms with Crippen LogP contribution in [0.15, 0.2) is 54.6 Å². The van der Waals surface area contributed by atoms with E-state index in [1.807, 2.05) is 54.6 Å². The molecule has 0 aliphatic heterocycles. The van der Waals surface area contributed by atoms with Crippen LogP contribution in [-0.4, -0.2) is 17.8 Å². The van der Waals surface area contributed by atoms with E-state index in [1.165, 1.54) is 0 Å². The van der Waals surface area contributed by atoms with Crippen molar-refractivity contribution < 1.29 is 14.6 Å². The number of hydrogen-bond acceptors (Lipinski definition) is 3. The highest BCUT2D eigenvalue weighted by Gasteiger charge is 2.29. The molecule has 0 aromatic heterocycles. The fraction of sp³-hybridized carbons (Fsp3) is 0.333. The second kappa shape index (κ2) is 6.74. The van der Waals surface area contributed by atoms with E-state index in [0.29, 0.717) is 6.61 Å². The molecule has 1 N–H and O–H groups in total. The van der Waals surface area contributed by atoms with Gasteiger partial charge in [0.25, 0.3) is 0 Å². The van der Waals surface area contributed by atoms with Gasteiger partial charge in [0.05, 0.1) is 19.3 Å². The molecule has 0 amide bonds. The highest BCUT2D eigenvalue weighted by atomic mass is 16.5. The second-order valence-corrected chi connectivity index (χ2v) is 5.60. The van der Waals surface area contributed by atoms with Crippen LogP contribution in [0.2, 0.25) is 0 Å². The first-order chi connectivity index (χ1) is 10.0. The highest BCUT2D eigenvalue weighted by Crippen LogP contribution is 2.30. The Morgan fingerprint density at radius 2 is 1.62 bits per heavy atom. The van der Waals surface area contributed by atoms with Crippen LogP contribution in [-0.2, 0) is 11.3 Å². The van der Waals surface area contributed by atoms with Gasteiger partial charge in [0.2, 0.25) is 0 Å². The molecule has 3 heteroatoms. The summed E-state index contributed by atoms with van der Waals surface area (Å²) < 4.78 is 11.1. The van der Waals surface area contributed by atoms with E-state index in [0.717, 1.165) is 16.9 Å². The lowest BCUT2D eigenvalue weighted by atomic mass is 9.94. The van der Waals surface area contributed by atoms with Crippen molar-refractivity contribution in [3.8, 4) is 5.75 Å². The predicted molar refractivity (Wildman–Crippen MR) is 83.3 cm³/mol. The van der Waals surface area contributed by atoms with Gasteiger partial charge in [-0.1, -0.05) is 42.5 Å². The molecule has 0 bridgehead atoms. The Hall–Kier alpha value is -1.84. The van der Waals surface area contributed by atoms with E-state index in [-0.39, 0.29) is 6.10 Å². The normalized spacial score (nSPS) is 13.0. The minimum absolute atomic E-state index is 0.374. The van der Waals surface area contributed by atoms with Crippen molar-refractivity contribution in [2.24, 2.45) is 0 Å². The Morgan fingerprint density at radius 3 is 2.14 bits per heavy atom. The third-order valence-corrected chi connectivity index (χ3v) is 3.32. The number of methoxy groups -OCH3 is 1. The molecule has 0 aliphatic carbocycles. The van der Waals surface area contributed by atoms with Crippen LogP contribution in [0.1, 0.15) is 31.1 Å². The first-order valence-electron chi connectivity index (χ1n) is 7.02. The van der Waals surface area contributed by atoms with Crippen LogP contribution >= 0.6 is 0 Å². The number of rotatable bonds is 6. The van der Waals surface area contributed by atoms with Crippen LogP contribution < -0.4 is 4.74 Å². The number of hydrogen-bond donors (Lipinski definition) is 1. The van der Waals surface area contributed by atoms with E-state index in [4.69, 9.17) is 9.47 Å². The van der Waals surface area contributed by atoms with E-state index in [1.54, 1.807) is 21.0 Å².